The first-order chi connectivity index (χ1) is 12.7. The third-order valence-corrected chi connectivity index (χ3v) is 3.85. The van der Waals surface area contributed by atoms with Crippen molar-refractivity contribution in [2.75, 3.05) is 0 Å². The fraction of sp³-hybridized carbons (Fsp3) is 0.235. The topological polar surface area (TPSA) is 12.4 Å². The van der Waals surface area contributed by atoms with Crippen LogP contribution in [-0.2, 0) is 25.1 Å². The van der Waals surface area contributed by atoms with E-state index in [0.29, 0.717) is 24.4 Å². The Hall–Kier alpha value is -2.23. The summed E-state index contributed by atoms with van der Waals surface area (Å²) in [7, 11) is 0. The summed E-state index contributed by atoms with van der Waals surface area (Å²) in [6.45, 7) is -0.472. The smallest absolute Gasteiger partial charge is 0.288 e. The standard InChI is InChI=1S/C17H9ClF9N/c18-14-2-1-11(15(19,20)21)5-10(14)8-28-7-9-3-12(16(22,23)24)6-13(4-9)17(25,26)27/h1-7H,8H2/b28-7+. The zero-order chi connectivity index (χ0) is 21.3. The van der Waals surface area contributed by atoms with Gasteiger partial charge < -0.3 is 0 Å². The maximum atomic E-state index is 12.8. The lowest BCUT2D eigenvalue weighted by Crippen LogP contribution is -2.11. The highest BCUT2D eigenvalue weighted by Crippen LogP contribution is 2.36. The average molecular weight is 434 g/mol. The monoisotopic (exact) mass is 433 g/mol. The number of hydrogen-bond acceptors (Lipinski definition) is 1. The number of benzene rings is 2. The minimum atomic E-state index is -5.02. The second-order valence-electron chi connectivity index (χ2n) is 5.61. The molecule has 2 aromatic carbocycles. The molecule has 1 nitrogen and oxygen atoms in total. The van der Waals surface area contributed by atoms with Gasteiger partial charge >= 0.3 is 18.5 Å². The van der Waals surface area contributed by atoms with E-state index in [1.807, 2.05) is 0 Å². The molecule has 0 saturated carbocycles. The number of halogens is 10. The van der Waals surface area contributed by atoms with Crippen LogP contribution in [-0.4, -0.2) is 6.21 Å². The molecule has 28 heavy (non-hydrogen) atoms. The molecule has 0 aromatic heterocycles. The molecule has 0 aliphatic heterocycles. The fourth-order valence-corrected chi connectivity index (χ4v) is 2.35. The van der Waals surface area contributed by atoms with E-state index < -0.39 is 47.3 Å². The number of aliphatic imine (C=N–C) groups is 1. The van der Waals surface area contributed by atoms with E-state index in [-0.39, 0.29) is 16.7 Å². The third kappa shape index (κ3) is 5.63. The molecule has 11 heteroatoms. The highest BCUT2D eigenvalue weighted by molar-refractivity contribution is 6.31. The van der Waals surface area contributed by atoms with Crippen LogP contribution < -0.4 is 0 Å². The van der Waals surface area contributed by atoms with Crippen molar-refractivity contribution >= 4 is 17.8 Å². The molecule has 0 aliphatic rings. The van der Waals surface area contributed by atoms with Crippen molar-refractivity contribution in [1.29, 1.82) is 0 Å². The van der Waals surface area contributed by atoms with E-state index in [4.69, 9.17) is 11.6 Å². The molecular weight excluding hydrogens is 425 g/mol. The Morgan fingerprint density at radius 1 is 0.714 bits per heavy atom. The van der Waals surface area contributed by atoms with Crippen LogP contribution in [0, 0.1) is 0 Å². The Morgan fingerprint density at radius 2 is 1.21 bits per heavy atom. The Kier molecular flexibility index (Phi) is 6.03. The van der Waals surface area contributed by atoms with E-state index >= 15 is 0 Å². The van der Waals surface area contributed by atoms with Crippen molar-refractivity contribution in [2.24, 2.45) is 4.99 Å². The van der Waals surface area contributed by atoms with Crippen molar-refractivity contribution < 1.29 is 39.5 Å². The van der Waals surface area contributed by atoms with Gasteiger partial charge in [0, 0.05) is 11.2 Å². The summed E-state index contributed by atoms with van der Waals surface area (Å²) >= 11 is 5.76. The van der Waals surface area contributed by atoms with Gasteiger partial charge in [-0.1, -0.05) is 11.6 Å². The number of hydrogen-bond donors (Lipinski definition) is 0. The molecule has 0 N–H and O–H groups in total. The molecule has 0 amide bonds. The predicted molar refractivity (Wildman–Crippen MR) is 84.2 cm³/mol. The van der Waals surface area contributed by atoms with Crippen LogP contribution in [0.1, 0.15) is 27.8 Å². The molecule has 0 saturated heterocycles. The summed E-state index contributed by atoms with van der Waals surface area (Å²) < 4.78 is 115. The SMILES string of the molecule is FC(F)(F)c1cc(/C=N/Cc2cc(C(F)(F)F)ccc2Cl)cc(C(F)(F)F)c1. The van der Waals surface area contributed by atoms with Crippen molar-refractivity contribution in [3.8, 4) is 0 Å². The van der Waals surface area contributed by atoms with Crippen molar-refractivity contribution in [1.82, 2.24) is 0 Å². The van der Waals surface area contributed by atoms with E-state index in [0.717, 1.165) is 12.1 Å². The number of rotatable bonds is 3. The first-order valence-electron chi connectivity index (χ1n) is 7.33. The zero-order valence-electron chi connectivity index (χ0n) is 13.5. The predicted octanol–water partition coefficient (Wildman–Crippen LogP) is 7.02. The molecule has 0 heterocycles. The van der Waals surface area contributed by atoms with Gasteiger partial charge in [0.15, 0.2) is 0 Å². The Balaban J connectivity index is 2.34. The molecule has 2 aromatic rings. The minimum Gasteiger partial charge on any atom is -0.288 e. The molecule has 0 aliphatic carbocycles. The van der Waals surface area contributed by atoms with Gasteiger partial charge in [-0.25, -0.2) is 0 Å². The largest absolute Gasteiger partial charge is 0.416 e. The summed E-state index contributed by atoms with van der Waals surface area (Å²) in [5.41, 5.74) is -4.66. The Morgan fingerprint density at radius 3 is 1.68 bits per heavy atom. The molecule has 0 spiro atoms. The first kappa shape index (κ1) is 22.1. The van der Waals surface area contributed by atoms with Gasteiger partial charge in [0.25, 0.3) is 0 Å². The summed E-state index contributed by atoms with van der Waals surface area (Å²) in [6.07, 6.45) is -14.0. The summed E-state index contributed by atoms with van der Waals surface area (Å²) in [5.74, 6) is 0. The van der Waals surface area contributed by atoms with Crippen LogP contribution in [0.3, 0.4) is 0 Å². The van der Waals surface area contributed by atoms with Crippen LogP contribution >= 0.6 is 11.6 Å². The molecule has 152 valence electrons. The average Bonchev–Trinajstić information content (AvgIpc) is 2.53. The van der Waals surface area contributed by atoms with Gasteiger partial charge in [-0.05, 0) is 47.5 Å². The molecule has 0 atom stereocenters. The number of alkyl halides is 9. The Labute approximate surface area is 157 Å². The summed E-state index contributed by atoms with van der Waals surface area (Å²) in [4.78, 5) is 3.63. The number of nitrogens with zero attached hydrogens (tertiary/aromatic N) is 1. The fourth-order valence-electron chi connectivity index (χ4n) is 2.18. The van der Waals surface area contributed by atoms with Gasteiger partial charge in [0.05, 0.1) is 23.2 Å². The quantitative estimate of drug-likeness (QED) is 0.364. The zero-order valence-corrected chi connectivity index (χ0v) is 14.2. The highest BCUT2D eigenvalue weighted by atomic mass is 35.5. The lowest BCUT2D eigenvalue weighted by atomic mass is 10.1. The molecule has 2 rings (SSSR count). The van der Waals surface area contributed by atoms with Gasteiger partial charge in [0.1, 0.15) is 0 Å². The van der Waals surface area contributed by atoms with Crippen LogP contribution in [0.2, 0.25) is 5.02 Å². The third-order valence-electron chi connectivity index (χ3n) is 3.49. The van der Waals surface area contributed by atoms with E-state index in [1.54, 1.807) is 0 Å². The second-order valence-corrected chi connectivity index (χ2v) is 6.02. The molecular formula is C17H9ClF9N. The summed E-state index contributed by atoms with van der Waals surface area (Å²) in [6, 6.07) is 3.27. The van der Waals surface area contributed by atoms with E-state index in [2.05, 4.69) is 4.99 Å². The van der Waals surface area contributed by atoms with Crippen molar-refractivity contribution in [3.05, 3.63) is 69.2 Å². The normalized spacial score (nSPS) is 13.4. The molecule has 0 unspecified atom stereocenters. The molecule has 0 fully saturated rings. The summed E-state index contributed by atoms with van der Waals surface area (Å²) in [5, 5.41) is -0.0785. The van der Waals surface area contributed by atoms with Gasteiger partial charge in [-0.15, -0.1) is 0 Å². The lowest BCUT2D eigenvalue weighted by Gasteiger charge is -2.12. The van der Waals surface area contributed by atoms with Gasteiger partial charge in [-0.3, -0.25) is 4.99 Å². The van der Waals surface area contributed by atoms with E-state index in [1.165, 1.54) is 0 Å². The van der Waals surface area contributed by atoms with Crippen LogP contribution in [0.25, 0.3) is 0 Å². The van der Waals surface area contributed by atoms with Crippen LogP contribution in [0.5, 0.6) is 0 Å². The Bertz CT molecular complexity index is 847. The van der Waals surface area contributed by atoms with Crippen molar-refractivity contribution in [3.63, 3.8) is 0 Å². The maximum absolute atomic E-state index is 12.8. The first-order valence-corrected chi connectivity index (χ1v) is 7.70. The highest BCUT2D eigenvalue weighted by Gasteiger charge is 2.36. The van der Waals surface area contributed by atoms with Crippen molar-refractivity contribution in [2.45, 2.75) is 25.1 Å². The minimum absolute atomic E-state index is 0.0407. The van der Waals surface area contributed by atoms with Crippen LogP contribution in [0.4, 0.5) is 39.5 Å². The molecule has 0 radical (unpaired) electrons. The second kappa shape index (κ2) is 7.65. The maximum Gasteiger partial charge on any atom is 0.416 e. The van der Waals surface area contributed by atoms with Gasteiger partial charge in [0.2, 0.25) is 0 Å². The van der Waals surface area contributed by atoms with E-state index in [9.17, 15) is 39.5 Å². The van der Waals surface area contributed by atoms with Gasteiger partial charge in [-0.2, -0.15) is 39.5 Å². The lowest BCUT2D eigenvalue weighted by molar-refractivity contribution is -0.143. The molecule has 0 bridgehead atoms. The van der Waals surface area contributed by atoms with Crippen LogP contribution in [0.15, 0.2) is 41.4 Å².